The van der Waals surface area contributed by atoms with E-state index in [0.717, 1.165) is 11.3 Å². The molecule has 0 radical (unpaired) electrons. The lowest BCUT2D eigenvalue weighted by atomic mass is 10.1. The SMILES string of the molecule is CC1(C)OC(=O)C(=CNc2cc(-c3ccc(=O)[nH]n3)ccc2NCc2ccccc2)C(=O)O1. The molecule has 168 valence electrons. The van der Waals surface area contributed by atoms with Gasteiger partial charge < -0.3 is 20.1 Å². The summed E-state index contributed by atoms with van der Waals surface area (Å²) in [6, 6.07) is 18.3. The molecule has 0 bridgehead atoms. The minimum Gasteiger partial charge on any atom is -0.419 e. The number of esters is 2. The van der Waals surface area contributed by atoms with Gasteiger partial charge in [-0.3, -0.25) is 4.79 Å². The van der Waals surface area contributed by atoms with E-state index in [1.807, 2.05) is 42.5 Å². The number of benzene rings is 2. The summed E-state index contributed by atoms with van der Waals surface area (Å²) in [6.45, 7) is 3.53. The van der Waals surface area contributed by atoms with Gasteiger partial charge in [0.2, 0.25) is 0 Å². The van der Waals surface area contributed by atoms with Crippen molar-refractivity contribution in [3.05, 3.63) is 88.4 Å². The van der Waals surface area contributed by atoms with Gasteiger partial charge in [0.1, 0.15) is 0 Å². The summed E-state index contributed by atoms with van der Waals surface area (Å²) < 4.78 is 10.3. The molecule has 3 aromatic rings. The van der Waals surface area contributed by atoms with Crippen LogP contribution in [0.5, 0.6) is 0 Å². The predicted molar refractivity (Wildman–Crippen MR) is 122 cm³/mol. The summed E-state index contributed by atoms with van der Waals surface area (Å²) in [5.41, 5.74) is 3.09. The molecule has 9 nitrogen and oxygen atoms in total. The molecule has 0 unspecified atom stereocenters. The van der Waals surface area contributed by atoms with Gasteiger partial charge in [0.05, 0.1) is 17.1 Å². The van der Waals surface area contributed by atoms with E-state index in [1.165, 1.54) is 26.1 Å². The lowest BCUT2D eigenvalue weighted by Gasteiger charge is -2.29. The van der Waals surface area contributed by atoms with Crippen LogP contribution >= 0.6 is 0 Å². The zero-order valence-electron chi connectivity index (χ0n) is 18.0. The number of anilines is 2. The van der Waals surface area contributed by atoms with Crippen LogP contribution in [0.3, 0.4) is 0 Å². The van der Waals surface area contributed by atoms with Crippen molar-refractivity contribution in [1.29, 1.82) is 0 Å². The number of ether oxygens (including phenoxy) is 2. The van der Waals surface area contributed by atoms with Crippen LogP contribution < -0.4 is 16.2 Å². The molecule has 33 heavy (non-hydrogen) atoms. The van der Waals surface area contributed by atoms with Gasteiger partial charge in [0.15, 0.2) is 5.57 Å². The number of cyclic esters (lactones) is 2. The Kier molecular flexibility index (Phi) is 5.95. The van der Waals surface area contributed by atoms with Crippen molar-refractivity contribution < 1.29 is 19.1 Å². The molecule has 1 aromatic heterocycles. The van der Waals surface area contributed by atoms with E-state index < -0.39 is 17.7 Å². The van der Waals surface area contributed by atoms with Gasteiger partial charge in [-0.2, -0.15) is 5.10 Å². The van der Waals surface area contributed by atoms with Crippen molar-refractivity contribution in [3.8, 4) is 11.3 Å². The largest absolute Gasteiger partial charge is 0.419 e. The van der Waals surface area contributed by atoms with Gasteiger partial charge in [0.25, 0.3) is 11.3 Å². The maximum atomic E-state index is 12.3. The van der Waals surface area contributed by atoms with E-state index in [9.17, 15) is 14.4 Å². The first-order valence-electron chi connectivity index (χ1n) is 10.2. The van der Waals surface area contributed by atoms with Gasteiger partial charge in [-0.15, -0.1) is 0 Å². The summed E-state index contributed by atoms with van der Waals surface area (Å²) in [5, 5.41) is 12.8. The third-order valence-electron chi connectivity index (χ3n) is 4.81. The Balaban J connectivity index is 1.64. The lowest BCUT2D eigenvalue weighted by Crippen LogP contribution is -2.42. The molecule has 1 saturated heterocycles. The number of carbonyl (C=O) groups is 2. The zero-order chi connectivity index (χ0) is 23.4. The average Bonchev–Trinajstić information content (AvgIpc) is 2.78. The molecule has 3 N–H and O–H groups in total. The maximum absolute atomic E-state index is 12.3. The number of nitrogens with one attached hydrogen (secondary N) is 3. The monoisotopic (exact) mass is 446 g/mol. The molecular formula is C24H22N4O5. The molecule has 4 rings (SSSR count). The Morgan fingerprint density at radius 3 is 2.33 bits per heavy atom. The Bertz CT molecular complexity index is 1240. The first kappa shape index (κ1) is 21.8. The highest BCUT2D eigenvalue weighted by Crippen LogP contribution is 2.29. The second-order valence-corrected chi connectivity index (χ2v) is 7.79. The van der Waals surface area contributed by atoms with Crippen LogP contribution in [0, 0.1) is 0 Å². The topological polar surface area (TPSA) is 122 Å². The highest BCUT2D eigenvalue weighted by atomic mass is 16.7. The van der Waals surface area contributed by atoms with E-state index >= 15 is 0 Å². The Morgan fingerprint density at radius 1 is 0.939 bits per heavy atom. The van der Waals surface area contributed by atoms with Gasteiger partial charge in [-0.1, -0.05) is 36.4 Å². The number of nitrogens with zero attached hydrogens (tertiary/aromatic N) is 1. The fourth-order valence-electron chi connectivity index (χ4n) is 3.20. The van der Waals surface area contributed by atoms with Crippen molar-refractivity contribution in [2.24, 2.45) is 0 Å². The average molecular weight is 446 g/mol. The maximum Gasteiger partial charge on any atom is 0.350 e. The van der Waals surface area contributed by atoms with Crippen LogP contribution in [0.4, 0.5) is 11.4 Å². The third kappa shape index (κ3) is 5.27. The van der Waals surface area contributed by atoms with Crippen molar-refractivity contribution >= 4 is 23.3 Å². The molecule has 1 aliphatic heterocycles. The molecular weight excluding hydrogens is 424 g/mol. The van der Waals surface area contributed by atoms with E-state index in [0.29, 0.717) is 23.5 Å². The van der Waals surface area contributed by atoms with Crippen LogP contribution in [0.1, 0.15) is 19.4 Å². The number of hydrogen-bond acceptors (Lipinski definition) is 8. The van der Waals surface area contributed by atoms with E-state index in [2.05, 4.69) is 20.8 Å². The summed E-state index contributed by atoms with van der Waals surface area (Å²) in [5.74, 6) is -2.87. The lowest BCUT2D eigenvalue weighted by molar-refractivity contribution is -0.222. The highest BCUT2D eigenvalue weighted by molar-refractivity contribution is 6.15. The number of rotatable bonds is 6. The number of hydrogen-bond donors (Lipinski definition) is 3. The molecule has 0 saturated carbocycles. The van der Waals surface area contributed by atoms with Crippen molar-refractivity contribution in [2.45, 2.75) is 26.2 Å². The smallest absolute Gasteiger partial charge is 0.350 e. The molecule has 1 fully saturated rings. The summed E-state index contributed by atoms with van der Waals surface area (Å²) in [4.78, 5) is 35.9. The number of carbonyl (C=O) groups excluding carboxylic acids is 2. The van der Waals surface area contributed by atoms with Crippen molar-refractivity contribution in [2.75, 3.05) is 10.6 Å². The normalized spacial score (nSPS) is 14.8. The van der Waals surface area contributed by atoms with Crippen LogP contribution in [0.2, 0.25) is 0 Å². The molecule has 0 aliphatic carbocycles. The quantitative estimate of drug-likeness (QED) is 0.300. The van der Waals surface area contributed by atoms with Crippen molar-refractivity contribution in [3.63, 3.8) is 0 Å². The minimum atomic E-state index is -1.32. The molecule has 1 aliphatic rings. The van der Waals surface area contributed by atoms with Gasteiger partial charge in [0, 0.05) is 38.2 Å². The summed E-state index contributed by atoms with van der Waals surface area (Å²) >= 11 is 0. The third-order valence-corrected chi connectivity index (χ3v) is 4.81. The molecule has 2 aromatic carbocycles. The Morgan fingerprint density at radius 2 is 1.67 bits per heavy atom. The number of aromatic amines is 1. The zero-order valence-corrected chi connectivity index (χ0v) is 18.0. The van der Waals surface area contributed by atoms with E-state index in [-0.39, 0.29) is 11.1 Å². The van der Waals surface area contributed by atoms with Crippen LogP contribution in [0.25, 0.3) is 11.3 Å². The second-order valence-electron chi connectivity index (χ2n) is 7.79. The van der Waals surface area contributed by atoms with Crippen LogP contribution in [-0.2, 0) is 25.6 Å². The highest BCUT2D eigenvalue weighted by Gasteiger charge is 2.39. The van der Waals surface area contributed by atoms with Gasteiger partial charge >= 0.3 is 11.9 Å². The minimum absolute atomic E-state index is 0.254. The Hall–Kier alpha value is -4.40. The van der Waals surface area contributed by atoms with E-state index in [4.69, 9.17) is 9.47 Å². The number of aromatic nitrogens is 2. The van der Waals surface area contributed by atoms with Crippen molar-refractivity contribution in [1.82, 2.24) is 10.2 Å². The number of H-pyrrole nitrogens is 1. The molecule has 9 heteroatoms. The fraction of sp³-hybridized carbons (Fsp3) is 0.167. The van der Waals surface area contributed by atoms with Gasteiger partial charge in [-0.25, -0.2) is 14.7 Å². The summed E-state index contributed by atoms with van der Waals surface area (Å²) in [7, 11) is 0. The van der Waals surface area contributed by atoms with Crippen LogP contribution in [-0.4, -0.2) is 27.9 Å². The summed E-state index contributed by atoms with van der Waals surface area (Å²) in [6.07, 6.45) is 1.26. The molecule has 0 spiro atoms. The first-order valence-corrected chi connectivity index (χ1v) is 10.2. The fourth-order valence-corrected chi connectivity index (χ4v) is 3.20. The predicted octanol–water partition coefficient (Wildman–Crippen LogP) is 3.18. The van der Waals surface area contributed by atoms with E-state index in [1.54, 1.807) is 12.1 Å². The molecule has 2 heterocycles. The van der Waals surface area contributed by atoms with Gasteiger partial charge in [-0.05, 0) is 23.8 Å². The Labute approximate surface area is 189 Å². The van der Waals surface area contributed by atoms with Crippen LogP contribution in [0.15, 0.2) is 77.2 Å². The first-order chi connectivity index (χ1) is 15.8. The molecule has 0 amide bonds. The molecule has 0 atom stereocenters. The standard InChI is InChI=1S/C24H22N4O5/c1-24(2)32-22(30)17(23(31)33-24)14-26-20-12-16(18-10-11-21(29)28-27-18)8-9-19(20)25-13-15-6-4-3-5-7-15/h3-12,14,25-26H,13H2,1-2H3,(H,28,29). The second kappa shape index (κ2) is 8.99.